The Bertz CT molecular complexity index is 273. The molecular formula is C13H27N3O. The Morgan fingerprint density at radius 1 is 1.24 bits per heavy atom. The van der Waals surface area contributed by atoms with Crippen molar-refractivity contribution in [3.05, 3.63) is 0 Å². The van der Waals surface area contributed by atoms with Gasteiger partial charge in [-0.05, 0) is 44.2 Å². The van der Waals surface area contributed by atoms with Gasteiger partial charge in [0.25, 0.3) is 0 Å². The predicted octanol–water partition coefficient (Wildman–Crippen LogP) is 0.947. The molecule has 17 heavy (non-hydrogen) atoms. The predicted molar refractivity (Wildman–Crippen MR) is 70.4 cm³/mol. The van der Waals surface area contributed by atoms with Gasteiger partial charge in [0, 0.05) is 6.54 Å². The summed E-state index contributed by atoms with van der Waals surface area (Å²) < 4.78 is 0. The second-order valence-corrected chi connectivity index (χ2v) is 6.70. The van der Waals surface area contributed by atoms with Gasteiger partial charge in [0.2, 0.25) is 5.91 Å². The first-order valence-corrected chi connectivity index (χ1v) is 6.44. The van der Waals surface area contributed by atoms with Crippen LogP contribution >= 0.6 is 0 Å². The maximum atomic E-state index is 11.2. The molecule has 1 amide bonds. The minimum absolute atomic E-state index is 0.377. The molecule has 0 aromatic carbocycles. The van der Waals surface area contributed by atoms with Crippen LogP contribution in [0.3, 0.4) is 0 Å². The topological polar surface area (TPSA) is 72.3 Å². The molecule has 1 atom stereocenters. The Morgan fingerprint density at radius 3 is 2.06 bits per heavy atom. The molecule has 0 spiro atoms. The van der Waals surface area contributed by atoms with Crippen molar-refractivity contribution >= 4 is 5.91 Å². The molecule has 1 fully saturated rings. The summed E-state index contributed by atoms with van der Waals surface area (Å²) in [4.78, 5) is 13.4. The average molecular weight is 241 g/mol. The third kappa shape index (κ3) is 3.96. The van der Waals surface area contributed by atoms with Gasteiger partial charge in [-0.25, -0.2) is 0 Å². The zero-order chi connectivity index (χ0) is 13.3. The summed E-state index contributed by atoms with van der Waals surface area (Å²) in [6.07, 6.45) is 2.36. The number of rotatable bonds is 3. The van der Waals surface area contributed by atoms with E-state index in [2.05, 4.69) is 25.7 Å². The van der Waals surface area contributed by atoms with Gasteiger partial charge in [-0.3, -0.25) is 4.79 Å². The number of primary amides is 1. The number of carbonyl (C=O) groups is 1. The second-order valence-electron chi connectivity index (χ2n) is 6.70. The van der Waals surface area contributed by atoms with Gasteiger partial charge in [-0.2, -0.15) is 0 Å². The van der Waals surface area contributed by atoms with Crippen LogP contribution in [0.4, 0.5) is 0 Å². The molecule has 4 N–H and O–H groups in total. The van der Waals surface area contributed by atoms with E-state index in [9.17, 15) is 4.79 Å². The second kappa shape index (κ2) is 4.94. The molecule has 0 aliphatic carbocycles. The lowest BCUT2D eigenvalue weighted by Gasteiger charge is -2.40. The van der Waals surface area contributed by atoms with E-state index in [1.54, 1.807) is 6.92 Å². The minimum atomic E-state index is -0.908. The van der Waals surface area contributed by atoms with Gasteiger partial charge in [0.05, 0.1) is 0 Å². The van der Waals surface area contributed by atoms with Crippen LogP contribution in [0, 0.1) is 11.3 Å². The molecule has 4 nitrogen and oxygen atoms in total. The molecule has 0 aromatic heterocycles. The molecule has 0 aromatic rings. The number of nitrogens with two attached hydrogens (primary N) is 2. The fraction of sp³-hybridized carbons (Fsp3) is 0.923. The van der Waals surface area contributed by atoms with Crippen molar-refractivity contribution in [3.63, 3.8) is 0 Å². The van der Waals surface area contributed by atoms with E-state index in [4.69, 9.17) is 11.5 Å². The summed E-state index contributed by atoms with van der Waals surface area (Å²) in [6.45, 7) is 11.2. The highest BCUT2D eigenvalue weighted by Crippen LogP contribution is 2.34. The fourth-order valence-electron chi connectivity index (χ4n) is 2.50. The highest BCUT2D eigenvalue weighted by atomic mass is 16.1. The van der Waals surface area contributed by atoms with Crippen molar-refractivity contribution in [1.29, 1.82) is 0 Å². The van der Waals surface area contributed by atoms with E-state index in [1.807, 2.05) is 0 Å². The smallest absolute Gasteiger partial charge is 0.238 e. The van der Waals surface area contributed by atoms with Crippen molar-refractivity contribution in [1.82, 2.24) is 4.90 Å². The third-order valence-corrected chi connectivity index (χ3v) is 3.93. The molecule has 1 aliphatic heterocycles. The summed E-state index contributed by atoms with van der Waals surface area (Å²) >= 11 is 0. The summed E-state index contributed by atoms with van der Waals surface area (Å²) in [7, 11) is 0. The third-order valence-electron chi connectivity index (χ3n) is 3.93. The Hall–Kier alpha value is -0.610. The molecule has 0 saturated carbocycles. The Labute approximate surface area is 105 Å². The minimum Gasteiger partial charge on any atom is -0.368 e. The van der Waals surface area contributed by atoms with E-state index >= 15 is 0 Å². The zero-order valence-electron chi connectivity index (χ0n) is 11.6. The number of likely N-dealkylation sites (tertiary alicyclic amines) is 1. The number of hydrogen-bond donors (Lipinski definition) is 2. The van der Waals surface area contributed by atoms with Crippen LogP contribution in [-0.4, -0.2) is 36.0 Å². The van der Waals surface area contributed by atoms with Crippen molar-refractivity contribution in [2.45, 2.75) is 46.1 Å². The number of hydrogen-bond acceptors (Lipinski definition) is 3. The normalized spacial score (nSPS) is 23.4. The maximum Gasteiger partial charge on any atom is 0.238 e. The Kier molecular flexibility index (Phi) is 4.20. The zero-order valence-corrected chi connectivity index (χ0v) is 11.6. The van der Waals surface area contributed by atoms with Crippen LogP contribution in [0.5, 0.6) is 0 Å². The Balaban J connectivity index is 2.46. The molecular weight excluding hydrogens is 214 g/mol. The van der Waals surface area contributed by atoms with E-state index in [1.165, 1.54) is 12.8 Å². The van der Waals surface area contributed by atoms with Crippen molar-refractivity contribution in [3.8, 4) is 0 Å². The highest BCUT2D eigenvalue weighted by Gasteiger charge is 2.33. The van der Waals surface area contributed by atoms with Gasteiger partial charge in [0.1, 0.15) is 5.54 Å². The van der Waals surface area contributed by atoms with Crippen LogP contribution in [0.1, 0.15) is 40.5 Å². The molecule has 0 radical (unpaired) electrons. The molecule has 1 heterocycles. The van der Waals surface area contributed by atoms with Crippen LogP contribution < -0.4 is 11.5 Å². The van der Waals surface area contributed by atoms with E-state index in [0.29, 0.717) is 12.0 Å². The van der Waals surface area contributed by atoms with E-state index < -0.39 is 11.4 Å². The molecule has 1 saturated heterocycles. The molecule has 0 bridgehead atoms. The van der Waals surface area contributed by atoms with E-state index in [0.717, 1.165) is 19.0 Å². The van der Waals surface area contributed by atoms with Gasteiger partial charge in [-0.15, -0.1) is 0 Å². The lowest BCUT2D eigenvalue weighted by Crippen LogP contribution is -2.58. The standard InChI is InChI=1S/C13H27N3O/c1-12(2,3)10-5-7-16(8-6-10)9-13(4,15)11(14)17/h10H,5-9,15H2,1-4H3,(H2,14,17). The van der Waals surface area contributed by atoms with Crippen molar-refractivity contribution in [2.24, 2.45) is 22.8 Å². The number of amides is 1. The molecule has 100 valence electrons. The lowest BCUT2D eigenvalue weighted by molar-refractivity contribution is -0.123. The van der Waals surface area contributed by atoms with Crippen LogP contribution in [0.15, 0.2) is 0 Å². The molecule has 1 rings (SSSR count). The molecule has 1 aliphatic rings. The summed E-state index contributed by atoms with van der Waals surface area (Å²) in [5, 5.41) is 0. The first kappa shape index (κ1) is 14.5. The van der Waals surface area contributed by atoms with Gasteiger partial charge < -0.3 is 16.4 Å². The van der Waals surface area contributed by atoms with Crippen molar-refractivity contribution < 1.29 is 4.79 Å². The SMILES string of the molecule is CC(N)(CN1CCC(C(C)(C)C)CC1)C(N)=O. The first-order chi connectivity index (χ1) is 7.63. The van der Waals surface area contributed by atoms with Crippen molar-refractivity contribution in [2.75, 3.05) is 19.6 Å². The Morgan fingerprint density at radius 2 is 1.71 bits per heavy atom. The van der Waals surface area contributed by atoms with Crippen LogP contribution in [-0.2, 0) is 4.79 Å². The number of carbonyl (C=O) groups excluding carboxylic acids is 1. The van der Waals surface area contributed by atoms with E-state index in [-0.39, 0.29) is 0 Å². The lowest BCUT2D eigenvalue weighted by atomic mass is 9.75. The quantitative estimate of drug-likeness (QED) is 0.772. The highest BCUT2D eigenvalue weighted by molar-refractivity contribution is 5.84. The van der Waals surface area contributed by atoms with Crippen LogP contribution in [0.2, 0.25) is 0 Å². The maximum absolute atomic E-state index is 11.2. The molecule has 1 unspecified atom stereocenters. The summed E-state index contributed by atoms with van der Waals surface area (Å²) in [5.74, 6) is 0.340. The fourth-order valence-corrected chi connectivity index (χ4v) is 2.50. The van der Waals surface area contributed by atoms with Gasteiger partial charge in [-0.1, -0.05) is 20.8 Å². The number of nitrogens with zero attached hydrogens (tertiary/aromatic N) is 1. The number of piperidine rings is 1. The summed E-state index contributed by atoms with van der Waals surface area (Å²) in [6, 6.07) is 0. The average Bonchev–Trinajstić information content (AvgIpc) is 2.16. The molecule has 4 heteroatoms. The van der Waals surface area contributed by atoms with Gasteiger partial charge in [0.15, 0.2) is 0 Å². The summed E-state index contributed by atoms with van der Waals surface area (Å²) in [5.41, 5.74) is 10.7. The monoisotopic (exact) mass is 241 g/mol. The first-order valence-electron chi connectivity index (χ1n) is 6.44. The van der Waals surface area contributed by atoms with Gasteiger partial charge >= 0.3 is 0 Å². The largest absolute Gasteiger partial charge is 0.368 e. The van der Waals surface area contributed by atoms with Crippen LogP contribution in [0.25, 0.3) is 0 Å².